The number of fused-ring (bicyclic) bond motifs is 1. The Labute approximate surface area is 171 Å². The van der Waals surface area contributed by atoms with Crippen molar-refractivity contribution in [1.29, 1.82) is 0 Å². The molecule has 29 heavy (non-hydrogen) atoms. The normalized spacial score (nSPS) is 27.2. The van der Waals surface area contributed by atoms with E-state index in [0.29, 0.717) is 36.6 Å². The second kappa shape index (κ2) is 7.69. The summed E-state index contributed by atoms with van der Waals surface area (Å²) in [5, 5.41) is 2.98. The molecule has 7 nitrogen and oxygen atoms in total. The number of ether oxygens (including phenoxy) is 1. The molecule has 2 atom stereocenters. The van der Waals surface area contributed by atoms with Gasteiger partial charge in [0.05, 0.1) is 12.1 Å². The van der Waals surface area contributed by atoms with Crippen molar-refractivity contribution >= 4 is 17.7 Å². The highest BCUT2D eigenvalue weighted by Gasteiger charge is 2.43. The topological polar surface area (TPSA) is 79.0 Å². The summed E-state index contributed by atoms with van der Waals surface area (Å²) in [6.07, 6.45) is 3.26. The molecule has 0 unspecified atom stereocenters. The monoisotopic (exact) mass is 399 g/mol. The number of hydrogen-bond donors (Lipinski definition) is 1. The van der Waals surface area contributed by atoms with Crippen molar-refractivity contribution in [2.24, 2.45) is 5.92 Å². The maximum atomic E-state index is 12.7. The summed E-state index contributed by atoms with van der Waals surface area (Å²) < 4.78 is 6.19. The number of rotatable bonds is 2. The van der Waals surface area contributed by atoms with Crippen LogP contribution in [0.15, 0.2) is 18.2 Å². The predicted molar refractivity (Wildman–Crippen MR) is 107 cm³/mol. The summed E-state index contributed by atoms with van der Waals surface area (Å²) in [5.41, 5.74) is 0.621. The van der Waals surface area contributed by atoms with Gasteiger partial charge in [0.1, 0.15) is 5.75 Å². The van der Waals surface area contributed by atoms with Crippen molar-refractivity contribution in [3.63, 3.8) is 0 Å². The van der Waals surface area contributed by atoms with Crippen LogP contribution in [0.2, 0.25) is 0 Å². The SMILES string of the molecule is Cc1ccc2c(c1)C(=O)N[C@]1(CCC(=O)N(CC(=O)N3CCC[C@@H](C)C3)CC1)O2. The van der Waals surface area contributed by atoms with Gasteiger partial charge in [-0.25, -0.2) is 0 Å². The molecule has 2 fully saturated rings. The highest BCUT2D eigenvalue weighted by atomic mass is 16.5. The standard InChI is InChI=1S/C22H29N3O4/c1-15-5-6-18-17(12-15)21(28)23-22(29-18)8-7-19(26)25(11-9-22)14-20(27)24-10-3-4-16(2)13-24/h5-6,12,16H,3-4,7-11,13-14H2,1-2H3,(H,23,28)/t16-,22-/m1/s1. The Balaban J connectivity index is 1.44. The van der Waals surface area contributed by atoms with Crippen molar-refractivity contribution < 1.29 is 19.1 Å². The van der Waals surface area contributed by atoms with Gasteiger partial charge in [0.2, 0.25) is 11.8 Å². The number of likely N-dealkylation sites (tertiary alicyclic amines) is 2. The van der Waals surface area contributed by atoms with Gasteiger partial charge < -0.3 is 19.9 Å². The maximum absolute atomic E-state index is 12.7. The number of piperidine rings is 1. The minimum Gasteiger partial charge on any atom is -0.467 e. The van der Waals surface area contributed by atoms with Gasteiger partial charge in [-0.3, -0.25) is 14.4 Å². The number of nitrogens with one attached hydrogen (secondary N) is 1. The van der Waals surface area contributed by atoms with Crippen LogP contribution in [-0.2, 0) is 9.59 Å². The molecule has 0 saturated carbocycles. The molecule has 0 aromatic heterocycles. The van der Waals surface area contributed by atoms with Crippen LogP contribution >= 0.6 is 0 Å². The molecule has 3 amide bonds. The Morgan fingerprint density at radius 3 is 2.90 bits per heavy atom. The first-order valence-electron chi connectivity index (χ1n) is 10.5. The van der Waals surface area contributed by atoms with E-state index in [1.807, 2.05) is 30.0 Å². The molecule has 3 aliphatic rings. The predicted octanol–water partition coefficient (Wildman–Crippen LogP) is 2.08. The van der Waals surface area contributed by atoms with Crippen LogP contribution in [0, 0.1) is 12.8 Å². The van der Waals surface area contributed by atoms with E-state index in [9.17, 15) is 14.4 Å². The Kier molecular flexibility index (Phi) is 5.23. The molecule has 7 heteroatoms. The Hall–Kier alpha value is -2.57. The zero-order chi connectivity index (χ0) is 20.6. The van der Waals surface area contributed by atoms with E-state index >= 15 is 0 Å². The number of carbonyl (C=O) groups is 3. The Morgan fingerprint density at radius 2 is 2.10 bits per heavy atom. The van der Waals surface area contributed by atoms with Crippen molar-refractivity contribution in [3.05, 3.63) is 29.3 Å². The molecule has 0 bridgehead atoms. The van der Waals surface area contributed by atoms with Crippen molar-refractivity contribution in [3.8, 4) is 5.75 Å². The molecule has 1 aromatic rings. The van der Waals surface area contributed by atoms with Crippen LogP contribution in [0.1, 0.15) is 54.9 Å². The summed E-state index contributed by atoms with van der Waals surface area (Å²) in [7, 11) is 0. The third-order valence-corrected chi connectivity index (χ3v) is 6.24. The van der Waals surface area contributed by atoms with Crippen molar-refractivity contribution in [1.82, 2.24) is 15.1 Å². The van der Waals surface area contributed by atoms with E-state index < -0.39 is 5.72 Å². The molecule has 2 saturated heterocycles. The lowest BCUT2D eigenvalue weighted by molar-refractivity contribution is -0.141. The van der Waals surface area contributed by atoms with Gasteiger partial charge >= 0.3 is 0 Å². The largest absolute Gasteiger partial charge is 0.467 e. The summed E-state index contributed by atoms with van der Waals surface area (Å²) >= 11 is 0. The molecule has 1 aromatic carbocycles. The average molecular weight is 399 g/mol. The molecule has 4 rings (SSSR count). The van der Waals surface area contributed by atoms with Crippen molar-refractivity contribution in [2.75, 3.05) is 26.2 Å². The van der Waals surface area contributed by atoms with Crippen LogP contribution in [-0.4, -0.2) is 59.4 Å². The van der Waals surface area contributed by atoms with E-state index in [4.69, 9.17) is 4.74 Å². The fourth-order valence-electron chi connectivity index (χ4n) is 4.53. The number of hydrogen-bond acceptors (Lipinski definition) is 4. The lowest BCUT2D eigenvalue weighted by Gasteiger charge is -2.38. The molecule has 3 heterocycles. The van der Waals surface area contributed by atoms with Gasteiger partial charge in [-0.2, -0.15) is 0 Å². The third-order valence-electron chi connectivity index (χ3n) is 6.24. The van der Waals surface area contributed by atoms with Crippen LogP contribution in [0.3, 0.4) is 0 Å². The fraction of sp³-hybridized carbons (Fsp3) is 0.591. The van der Waals surface area contributed by atoms with E-state index in [1.54, 1.807) is 4.90 Å². The van der Waals surface area contributed by atoms with E-state index in [1.165, 1.54) is 0 Å². The first kappa shape index (κ1) is 19.7. The average Bonchev–Trinajstić information content (AvgIpc) is 2.83. The molecular formula is C22H29N3O4. The number of aryl methyl sites for hydroxylation is 1. The minimum absolute atomic E-state index is 0.00951. The van der Waals surface area contributed by atoms with Crippen LogP contribution in [0.4, 0.5) is 0 Å². The van der Waals surface area contributed by atoms with E-state index in [2.05, 4.69) is 12.2 Å². The molecule has 3 aliphatic heterocycles. The quantitative estimate of drug-likeness (QED) is 0.826. The molecular weight excluding hydrogens is 370 g/mol. The number of amides is 3. The summed E-state index contributed by atoms with van der Waals surface area (Å²) in [6.45, 7) is 6.11. The van der Waals surface area contributed by atoms with Gasteiger partial charge in [0.25, 0.3) is 5.91 Å². The molecule has 1 N–H and O–H groups in total. The molecule has 156 valence electrons. The second-order valence-electron chi connectivity index (χ2n) is 8.70. The highest BCUT2D eigenvalue weighted by molar-refractivity contribution is 5.98. The first-order valence-corrected chi connectivity index (χ1v) is 10.5. The Morgan fingerprint density at radius 1 is 1.28 bits per heavy atom. The minimum atomic E-state index is -0.896. The lowest BCUT2D eigenvalue weighted by Crippen LogP contribution is -2.56. The van der Waals surface area contributed by atoms with Gasteiger partial charge in [-0.1, -0.05) is 18.6 Å². The van der Waals surface area contributed by atoms with Crippen LogP contribution in [0.5, 0.6) is 5.75 Å². The summed E-state index contributed by atoms with van der Waals surface area (Å²) in [4.78, 5) is 41.5. The zero-order valence-electron chi connectivity index (χ0n) is 17.2. The number of carbonyl (C=O) groups excluding carboxylic acids is 3. The van der Waals surface area contributed by atoms with Gasteiger partial charge in [0, 0.05) is 38.9 Å². The van der Waals surface area contributed by atoms with Crippen LogP contribution < -0.4 is 10.1 Å². The van der Waals surface area contributed by atoms with Crippen LogP contribution in [0.25, 0.3) is 0 Å². The Bertz CT molecular complexity index is 839. The van der Waals surface area contributed by atoms with Crippen molar-refractivity contribution in [2.45, 2.75) is 51.7 Å². The van der Waals surface area contributed by atoms with Gasteiger partial charge in [-0.15, -0.1) is 0 Å². The van der Waals surface area contributed by atoms with E-state index in [-0.39, 0.29) is 30.7 Å². The maximum Gasteiger partial charge on any atom is 0.258 e. The third kappa shape index (κ3) is 4.09. The molecule has 0 radical (unpaired) electrons. The second-order valence-corrected chi connectivity index (χ2v) is 8.70. The smallest absolute Gasteiger partial charge is 0.258 e. The number of nitrogens with zero attached hydrogens (tertiary/aromatic N) is 2. The fourth-order valence-corrected chi connectivity index (χ4v) is 4.53. The van der Waals surface area contributed by atoms with Gasteiger partial charge in [-0.05, 0) is 37.8 Å². The summed E-state index contributed by atoms with van der Waals surface area (Å²) in [5.74, 6) is 0.835. The molecule has 1 spiro atoms. The molecule has 0 aliphatic carbocycles. The van der Waals surface area contributed by atoms with E-state index in [0.717, 1.165) is 31.5 Å². The number of benzene rings is 1. The zero-order valence-corrected chi connectivity index (χ0v) is 17.2. The highest BCUT2D eigenvalue weighted by Crippen LogP contribution is 2.34. The first-order chi connectivity index (χ1) is 13.8. The summed E-state index contributed by atoms with van der Waals surface area (Å²) in [6, 6.07) is 5.54. The lowest BCUT2D eigenvalue weighted by atomic mass is 9.99. The van der Waals surface area contributed by atoms with Gasteiger partial charge in [0.15, 0.2) is 5.72 Å².